The lowest BCUT2D eigenvalue weighted by atomic mass is 9.88. The number of rotatable bonds is 6. The van der Waals surface area contributed by atoms with Crippen molar-refractivity contribution >= 4 is 21.7 Å². The molecule has 1 heterocycles. The van der Waals surface area contributed by atoms with Crippen LogP contribution in [0.25, 0.3) is 11.1 Å². The Labute approximate surface area is 182 Å². The molecule has 3 aromatic rings. The molecule has 0 radical (unpaired) electrons. The molecular weight excluding hydrogens is 414 g/mol. The predicted octanol–water partition coefficient (Wildman–Crippen LogP) is 4.32. The second-order valence-electron chi connectivity index (χ2n) is 7.30. The molecule has 160 valence electrons. The van der Waals surface area contributed by atoms with Gasteiger partial charge >= 0.3 is 5.97 Å². The van der Waals surface area contributed by atoms with Crippen LogP contribution in [0.3, 0.4) is 0 Å². The SMILES string of the molecule is COC(=O)CC1c2ccccc2-c2ccccc2N1S(=O)(=O)Cc1ccc(OC)cc1. The first-order chi connectivity index (χ1) is 14.9. The largest absolute Gasteiger partial charge is 0.497 e. The van der Waals surface area contributed by atoms with Crippen molar-refractivity contribution < 1.29 is 22.7 Å². The normalized spacial score (nSPS) is 15.0. The molecule has 0 amide bonds. The molecule has 1 aliphatic heterocycles. The van der Waals surface area contributed by atoms with Gasteiger partial charge in [0.05, 0.1) is 38.1 Å². The number of carbonyl (C=O) groups is 1. The molecule has 0 fully saturated rings. The molecule has 1 unspecified atom stereocenters. The van der Waals surface area contributed by atoms with Gasteiger partial charge in [-0.3, -0.25) is 9.10 Å². The first-order valence-electron chi connectivity index (χ1n) is 9.85. The summed E-state index contributed by atoms with van der Waals surface area (Å²) >= 11 is 0. The molecule has 0 N–H and O–H groups in total. The van der Waals surface area contributed by atoms with Crippen molar-refractivity contribution in [2.45, 2.75) is 18.2 Å². The minimum Gasteiger partial charge on any atom is -0.497 e. The van der Waals surface area contributed by atoms with E-state index in [1.54, 1.807) is 43.5 Å². The lowest BCUT2D eigenvalue weighted by Gasteiger charge is -2.38. The second kappa shape index (κ2) is 8.43. The minimum absolute atomic E-state index is 0.0797. The highest BCUT2D eigenvalue weighted by atomic mass is 32.2. The Bertz CT molecular complexity index is 1200. The third-order valence-electron chi connectivity index (χ3n) is 5.43. The Morgan fingerprint density at radius 2 is 1.55 bits per heavy atom. The van der Waals surface area contributed by atoms with Gasteiger partial charge in [0.15, 0.2) is 0 Å². The average Bonchev–Trinajstić information content (AvgIpc) is 2.79. The standard InChI is InChI=1S/C24H23NO5S/c1-29-18-13-11-17(12-14-18)16-31(27,28)25-22-10-6-5-8-20(22)19-7-3-4-9-21(19)23(25)15-24(26)30-2/h3-14,23H,15-16H2,1-2H3. The Morgan fingerprint density at radius 1 is 0.903 bits per heavy atom. The van der Waals surface area contributed by atoms with Crippen molar-refractivity contribution in [3.8, 4) is 16.9 Å². The summed E-state index contributed by atoms with van der Waals surface area (Å²) in [5, 5.41) is 0. The molecule has 4 rings (SSSR count). The third kappa shape index (κ3) is 4.01. The molecular formula is C24H23NO5S. The van der Waals surface area contributed by atoms with Crippen molar-refractivity contribution in [2.75, 3.05) is 18.5 Å². The van der Waals surface area contributed by atoms with Crippen LogP contribution in [0.2, 0.25) is 0 Å². The molecule has 0 saturated heterocycles. The van der Waals surface area contributed by atoms with Gasteiger partial charge in [-0.05, 0) is 34.9 Å². The van der Waals surface area contributed by atoms with Gasteiger partial charge in [-0.2, -0.15) is 0 Å². The predicted molar refractivity (Wildman–Crippen MR) is 119 cm³/mol. The van der Waals surface area contributed by atoms with Crippen molar-refractivity contribution in [1.82, 2.24) is 0 Å². The molecule has 0 spiro atoms. The lowest BCUT2D eigenvalue weighted by molar-refractivity contribution is -0.141. The number of esters is 1. The fourth-order valence-corrected chi connectivity index (χ4v) is 5.79. The van der Waals surface area contributed by atoms with E-state index in [9.17, 15) is 13.2 Å². The molecule has 1 atom stereocenters. The van der Waals surface area contributed by atoms with Crippen LogP contribution in [0, 0.1) is 0 Å². The van der Waals surface area contributed by atoms with Crippen molar-refractivity contribution in [3.63, 3.8) is 0 Å². The van der Waals surface area contributed by atoms with Crippen molar-refractivity contribution in [3.05, 3.63) is 83.9 Å². The third-order valence-corrected chi connectivity index (χ3v) is 7.18. The lowest BCUT2D eigenvalue weighted by Crippen LogP contribution is -2.39. The number of hydrogen-bond acceptors (Lipinski definition) is 5. The van der Waals surface area contributed by atoms with Gasteiger partial charge in [-0.25, -0.2) is 8.42 Å². The number of nitrogens with zero attached hydrogens (tertiary/aromatic N) is 1. The summed E-state index contributed by atoms with van der Waals surface area (Å²) in [7, 11) is -0.963. The van der Waals surface area contributed by atoms with E-state index < -0.39 is 22.0 Å². The van der Waals surface area contributed by atoms with E-state index in [1.807, 2.05) is 36.4 Å². The van der Waals surface area contributed by atoms with Gasteiger partial charge in [0.2, 0.25) is 10.0 Å². The Kier molecular flexibility index (Phi) is 5.69. The maximum atomic E-state index is 13.7. The van der Waals surface area contributed by atoms with Gasteiger partial charge in [-0.1, -0.05) is 54.6 Å². The van der Waals surface area contributed by atoms with Crippen LogP contribution < -0.4 is 9.04 Å². The highest BCUT2D eigenvalue weighted by Crippen LogP contribution is 2.47. The number of para-hydroxylation sites is 1. The smallest absolute Gasteiger partial charge is 0.307 e. The number of fused-ring (bicyclic) bond motifs is 3. The number of carbonyl (C=O) groups excluding carboxylic acids is 1. The van der Waals surface area contributed by atoms with Crippen LogP contribution in [-0.4, -0.2) is 28.6 Å². The number of anilines is 1. The second-order valence-corrected chi connectivity index (χ2v) is 9.15. The summed E-state index contributed by atoms with van der Waals surface area (Å²) in [6.45, 7) is 0. The fraction of sp³-hybridized carbons (Fsp3) is 0.208. The Morgan fingerprint density at radius 3 is 2.23 bits per heavy atom. The topological polar surface area (TPSA) is 72.9 Å². The molecule has 0 bridgehead atoms. The van der Waals surface area contributed by atoms with E-state index in [2.05, 4.69) is 0 Å². The molecule has 7 heteroatoms. The monoisotopic (exact) mass is 437 g/mol. The fourth-order valence-electron chi connectivity index (χ4n) is 4.00. The highest BCUT2D eigenvalue weighted by molar-refractivity contribution is 7.92. The van der Waals surface area contributed by atoms with Crippen molar-refractivity contribution in [2.24, 2.45) is 0 Å². The van der Waals surface area contributed by atoms with E-state index in [1.165, 1.54) is 11.4 Å². The zero-order valence-electron chi connectivity index (χ0n) is 17.3. The summed E-state index contributed by atoms with van der Waals surface area (Å²) in [6.07, 6.45) is -0.0797. The first kappa shape index (κ1) is 20.9. The van der Waals surface area contributed by atoms with E-state index >= 15 is 0 Å². The summed E-state index contributed by atoms with van der Waals surface area (Å²) in [5.74, 6) is -0.0173. The zero-order valence-corrected chi connectivity index (χ0v) is 18.1. The summed E-state index contributed by atoms with van der Waals surface area (Å²) in [5.41, 5.74) is 3.71. The quantitative estimate of drug-likeness (QED) is 0.537. The van der Waals surface area contributed by atoms with Gasteiger partial charge in [0, 0.05) is 5.56 Å². The summed E-state index contributed by atoms with van der Waals surface area (Å²) in [6, 6.07) is 21.2. The van der Waals surface area contributed by atoms with Crippen LogP contribution in [0.4, 0.5) is 5.69 Å². The first-order valence-corrected chi connectivity index (χ1v) is 11.5. The van der Waals surface area contributed by atoms with E-state index in [-0.39, 0.29) is 12.2 Å². The summed E-state index contributed by atoms with van der Waals surface area (Å²) in [4.78, 5) is 12.2. The van der Waals surface area contributed by atoms with Crippen LogP contribution in [-0.2, 0) is 25.3 Å². The Balaban J connectivity index is 1.83. The minimum atomic E-state index is -3.83. The molecule has 0 saturated carbocycles. The number of benzene rings is 3. The number of hydrogen-bond donors (Lipinski definition) is 0. The van der Waals surface area contributed by atoms with Gasteiger partial charge < -0.3 is 9.47 Å². The highest BCUT2D eigenvalue weighted by Gasteiger charge is 2.39. The van der Waals surface area contributed by atoms with Crippen LogP contribution >= 0.6 is 0 Å². The van der Waals surface area contributed by atoms with Gasteiger partial charge in [0.25, 0.3) is 0 Å². The molecule has 3 aromatic carbocycles. The Hall–Kier alpha value is -3.32. The average molecular weight is 438 g/mol. The van der Waals surface area contributed by atoms with Crippen molar-refractivity contribution in [1.29, 1.82) is 0 Å². The van der Waals surface area contributed by atoms with Gasteiger partial charge in [-0.15, -0.1) is 0 Å². The molecule has 1 aliphatic rings. The molecule has 31 heavy (non-hydrogen) atoms. The van der Waals surface area contributed by atoms with E-state index in [0.717, 1.165) is 16.7 Å². The number of ether oxygens (including phenoxy) is 2. The van der Waals surface area contributed by atoms with E-state index in [4.69, 9.17) is 9.47 Å². The maximum Gasteiger partial charge on any atom is 0.307 e. The van der Waals surface area contributed by atoms with Crippen LogP contribution in [0.5, 0.6) is 5.75 Å². The maximum absolute atomic E-state index is 13.7. The van der Waals surface area contributed by atoms with E-state index in [0.29, 0.717) is 17.0 Å². The zero-order chi connectivity index (χ0) is 22.0. The molecule has 0 aliphatic carbocycles. The molecule has 0 aromatic heterocycles. The van der Waals surface area contributed by atoms with Gasteiger partial charge in [0.1, 0.15) is 5.75 Å². The summed E-state index contributed by atoms with van der Waals surface area (Å²) < 4.78 is 38.8. The van der Waals surface area contributed by atoms with Crippen LogP contribution in [0.15, 0.2) is 72.8 Å². The number of sulfonamides is 1. The molecule has 6 nitrogen and oxygen atoms in total. The number of methoxy groups -OCH3 is 2. The van der Waals surface area contributed by atoms with Crippen LogP contribution in [0.1, 0.15) is 23.6 Å².